The van der Waals surface area contributed by atoms with E-state index in [1.807, 2.05) is 17.5 Å². The monoisotopic (exact) mass is 294 g/mol. The van der Waals surface area contributed by atoms with Crippen LogP contribution in [0.3, 0.4) is 0 Å². The number of rotatable bonds is 5. The van der Waals surface area contributed by atoms with Gasteiger partial charge in [-0.25, -0.2) is 4.79 Å². The van der Waals surface area contributed by atoms with E-state index in [0.29, 0.717) is 5.69 Å². The van der Waals surface area contributed by atoms with E-state index in [1.165, 1.54) is 11.3 Å². The second kappa shape index (κ2) is 6.33. The average Bonchev–Trinajstić information content (AvgIpc) is 3.09. The second-order valence-electron chi connectivity index (χ2n) is 4.00. The van der Waals surface area contributed by atoms with Crippen LogP contribution in [-0.4, -0.2) is 29.7 Å². The number of amides is 1. The maximum atomic E-state index is 11.9. The molecule has 2 rings (SSSR count). The lowest BCUT2D eigenvalue weighted by Crippen LogP contribution is -2.39. The highest BCUT2D eigenvalue weighted by atomic mass is 32.1. The van der Waals surface area contributed by atoms with Crippen molar-refractivity contribution in [2.24, 2.45) is 0 Å². The van der Waals surface area contributed by atoms with Crippen molar-refractivity contribution in [3.8, 4) is 10.6 Å². The fraction of sp³-hybridized carbons (Fsp3) is 0.308. The summed E-state index contributed by atoms with van der Waals surface area (Å²) in [6.07, 6.45) is 0. The molecule has 2 heterocycles. The molecule has 0 unspecified atom stereocenters. The highest BCUT2D eigenvalue weighted by Gasteiger charge is 2.20. The van der Waals surface area contributed by atoms with Crippen LogP contribution < -0.4 is 5.32 Å². The third kappa shape index (κ3) is 3.24. The van der Waals surface area contributed by atoms with Gasteiger partial charge in [-0.05, 0) is 25.3 Å². The van der Waals surface area contributed by atoms with Crippen molar-refractivity contribution in [2.75, 3.05) is 6.61 Å². The zero-order valence-electron chi connectivity index (χ0n) is 11.1. The standard InChI is InChI=1S/C13H14N2O4S/c1-3-18-13(17)8(2)14-12(16)10-7-9(15-19-10)11-5-4-6-20-11/h4-8H,3H2,1-2H3,(H,14,16)/t8-/m1/s1. The molecule has 1 atom stereocenters. The quantitative estimate of drug-likeness (QED) is 0.854. The van der Waals surface area contributed by atoms with Gasteiger partial charge in [0.15, 0.2) is 0 Å². The van der Waals surface area contributed by atoms with Crippen LogP contribution in [0.4, 0.5) is 0 Å². The number of ether oxygens (including phenoxy) is 1. The molecule has 1 amide bonds. The van der Waals surface area contributed by atoms with Gasteiger partial charge < -0.3 is 14.6 Å². The van der Waals surface area contributed by atoms with Crippen molar-refractivity contribution >= 4 is 23.2 Å². The molecule has 0 radical (unpaired) electrons. The number of hydrogen-bond acceptors (Lipinski definition) is 6. The molecule has 0 spiro atoms. The molecule has 2 aromatic rings. The molecule has 0 aromatic carbocycles. The molecule has 106 valence electrons. The van der Waals surface area contributed by atoms with Gasteiger partial charge in [0, 0.05) is 6.07 Å². The first-order chi connectivity index (χ1) is 9.61. The van der Waals surface area contributed by atoms with Gasteiger partial charge in [0.05, 0.1) is 11.5 Å². The van der Waals surface area contributed by atoms with Gasteiger partial charge in [-0.15, -0.1) is 11.3 Å². The first kappa shape index (κ1) is 14.3. The number of esters is 1. The third-order valence-corrected chi connectivity index (χ3v) is 3.39. The van der Waals surface area contributed by atoms with Gasteiger partial charge in [-0.2, -0.15) is 0 Å². The first-order valence-electron chi connectivity index (χ1n) is 6.10. The van der Waals surface area contributed by atoms with Crippen molar-refractivity contribution in [3.63, 3.8) is 0 Å². The summed E-state index contributed by atoms with van der Waals surface area (Å²) in [6, 6.07) is 4.57. The van der Waals surface area contributed by atoms with E-state index in [9.17, 15) is 9.59 Å². The maximum absolute atomic E-state index is 11.9. The molecule has 0 saturated carbocycles. The van der Waals surface area contributed by atoms with Crippen LogP contribution in [0, 0.1) is 0 Å². The molecule has 0 fully saturated rings. The fourth-order valence-corrected chi connectivity index (χ4v) is 2.19. The highest BCUT2D eigenvalue weighted by molar-refractivity contribution is 7.13. The Balaban J connectivity index is 2.01. The van der Waals surface area contributed by atoms with Crippen LogP contribution in [0.1, 0.15) is 24.4 Å². The summed E-state index contributed by atoms with van der Waals surface area (Å²) in [4.78, 5) is 24.2. The van der Waals surface area contributed by atoms with Crippen molar-refractivity contribution < 1.29 is 18.8 Å². The second-order valence-corrected chi connectivity index (χ2v) is 4.95. The summed E-state index contributed by atoms with van der Waals surface area (Å²) in [5, 5.41) is 8.23. The summed E-state index contributed by atoms with van der Waals surface area (Å²) in [5.41, 5.74) is 0.592. The van der Waals surface area contributed by atoms with Crippen molar-refractivity contribution in [2.45, 2.75) is 19.9 Å². The van der Waals surface area contributed by atoms with E-state index in [0.717, 1.165) is 4.88 Å². The Morgan fingerprint density at radius 1 is 1.55 bits per heavy atom. The third-order valence-electron chi connectivity index (χ3n) is 2.50. The molecule has 0 aliphatic carbocycles. The number of thiophene rings is 1. The van der Waals surface area contributed by atoms with Crippen LogP contribution in [0.15, 0.2) is 28.1 Å². The van der Waals surface area contributed by atoms with Gasteiger partial charge in [0.25, 0.3) is 5.91 Å². The zero-order valence-corrected chi connectivity index (χ0v) is 11.9. The molecule has 0 bridgehead atoms. The lowest BCUT2D eigenvalue weighted by atomic mass is 10.3. The predicted octanol–water partition coefficient (Wildman–Crippen LogP) is 2.08. The molecular weight excluding hydrogens is 280 g/mol. The van der Waals surface area contributed by atoms with Crippen molar-refractivity contribution in [1.82, 2.24) is 10.5 Å². The Morgan fingerprint density at radius 2 is 2.35 bits per heavy atom. The minimum Gasteiger partial charge on any atom is -0.464 e. The van der Waals surface area contributed by atoms with Crippen LogP contribution in [0.5, 0.6) is 0 Å². The summed E-state index contributed by atoms with van der Waals surface area (Å²) in [5.74, 6) is -0.927. The van der Waals surface area contributed by atoms with E-state index in [2.05, 4.69) is 10.5 Å². The number of hydrogen-bond donors (Lipinski definition) is 1. The Labute approximate surface area is 119 Å². The number of nitrogens with one attached hydrogen (secondary N) is 1. The molecule has 20 heavy (non-hydrogen) atoms. The van der Waals surface area contributed by atoms with Crippen LogP contribution in [-0.2, 0) is 9.53 Å². The average molecular weight is 294 g/mol. The summed E-state index contributed by atoms with van der Waals surface area (Å²) < 4.78 is 9.79. The van der Waals surface area contributed by atoms with Gasteiger partial charge >= 0.3 is 5.97 Å². The zero-order chi connectivity index (χ0) is 14.5. The van der Waals surface area contributed by atoms with Gasteiger partial charge in [-0.1, -0.05) is 11.2 Å². The molecule has 0 saturated heterocycles. The van der Waals surface area contributed by atoms with Gasteiger partial charge in [0.2, 0.25) is 5.76 Å². The summed E-state index contributed by atoms with van der Waals surface area (Å²) in [6.45, 7) is 3.52. The van der Waals surface area contributed by atoms with E-state index in [1.54, 1.807) is 19.9 Å². The Morgan fingerprint density at radius 3 is 3.00 bits per heavy atom. The van der Waals surface area contributed by atoms with Crippen molar-refractivity contribution in [3.05, 3.63) is 29.3 Å². The number of aromatic nitrogens is 1. The SMILES string of the molecule is CCOC(=O)[C@@H](C)NC(=O)c1cc(-c2cccs2)no1. The van der Waals surface area contributed by atoms with Gasteiger partial charge in [0.1, 0.15) is 11.7 Å². The minimum absolute atomic E-state index is 0.0598. The maximum Gasteiger partial charge on any atom is 0.328 e. The van der Waals surface area contributed by atoms with Crippen LogP contribution in [0.25, 0.3) is 10.6 Å². The first-order valence-corrected chi connectivity index (χ1v) is 6.98. The normalized spacial score (nSPS) is 11.9. The van der Waals surface area contributed by atoms with Gasteiger partial charge in [-0.3, -0.25) is 4.79 Å². The van der Waals surface area contributed by atoms with E-state index in [4.69, 9.17) is 9.26 Å². The number of carbonyl (C=O) groups excluding carboxylic acids is 2. The summed E-state index contributed by atoms with van der Waals surface area (Å²) in [7, 11) is 0. The molecule has 2 aromatic heterocycles. The predicted molar refractivity (Wildman–Crippen MR) is 73.4 cm³/mol. The minimum atomic E-state index is -0.738. The molecular formula is C13H14N2O4S. The highest BCUT2D eigenvalue weighted by Crippen LogP contribution is 2.23. The lowest BCUT2D eigenvalue weighted by molar-refractivity contribution is -0.144. The fourth-order valence-electron chi connectivity index (χ4n) is 1.52. The number of carbonyl (C=O) groups is 2. The van der Waals surface area contributed by atoms with Crippen molar-refractivity contribution in [1.29, 1.82) is 0 Å². The molecule has 0 aliphatic heterocycles. The smallest absolute Gasteiger partial charge is 0.328 e. The van der Waals surface area contributed by atoms with Crippen LogP contribution >= 0.6 is 11.3 Å². The molecule has 1 N–H and O–H groups in total. The topological polar surface area (TPSA) is 81.4 Å². The Hall–Kier alpha value is -2.15. The number of nitrogens with zero attached hydrogens (tertiary/aromatic N) is 1. The molecule has 0 aliphatic rings. The summed E-state index contributed by atoms with van der Waals surface area (Å²) >= 11 is 1.50. The van der Waals surface area contributed by atoms with E-state index in [-0.39, 0.29) is 12.4 Å². The molecule has 6 nitrogen and oxygen atoms in total. The Kier molecular flexibility index (Phi) is 4.52. The van der Waals surface area contributed by atoms with Crippen LogP contribution in [0.2, 0.25) is 0 Å². The van der Waals surface area contributed by atoms with E-state index >= 15 is 0 Å². The largest absolute Gasteiger partial charge is 0.464 e. The molecule has 7 heteroatoms. The van der Waals surface area contributed by atoms with E-state index < -0.39 is 17.9 Å². The lowest BCUT2D eigenvalue weighted by Gasteiger charge is -2.10. The Bertz CT molecular complexity index is 591.